The van der Waals surface area contributed by atoms with Crippen molar-refractivity contribution >= 4 is 11.5 Å². The SMILES string of the molecule is COc1cc2ncc(-c3nc(NC4CNCCC4F)c(F)cc3F)n2nc1OO. The fourth-order valence-corrected chi connectivity index (χ4v) is 3.14. The highest BCUT2D eigenvalue weighted by atomic mass is 19.1. The van der Waals surface area contributed by atoms with Gasteiger partial charge in [0.15, 0.2) is 28.8 Å². The molecule has 0 amide bonds. The molecule has 154 valence electrons. The van der Waals surface area contributed by atoms with Crippen molar-refractivity contribution < 1.29 is 28.1 Å². The van der Waals surface area contributed by atoms with Crippen LogP contribution < -0.4 is 20.3 Å². The van der Waals surface area contributed by atoms with Gasteiger partial charge in [0, 0.05) is 18.7 Å². The second kappa shape index (κ2) is 7.72. The number of methoxy groups -OCH3 is 1. The van der Waals surface area contributed by atoms with Gasteiger partial charge in [0.05, 0.1) is 19.3 Å². The van der Waals surface area contributed by atoms with E-state index in [-0.39, 0.29) is 47.4 Å². The van der Waals surface area contributed by atoms with Gasteiger partial charge in [-0.3, -0.25) is 0 Å². The summed E-state index contributed by atoms with van der Waals surface area (Å²) in [5.74, 6) is -2.39. The van der Waals surface area contributed by atoms with Crippen LogP contribution in [-0.4, -0.2) is 57.3 Å². The number of aromatic nitrogens is 4. The molecule has 3 aromatic heterocycles. The molecule has 1 aliphatic rings. The summed E-state index contributed by atoms with van der Waals surface area (Å²) in [6, 6.07) is 1.35. The molecule has 2 unspecified atom stereocenters. The van der Waals surface area contributed by atoms with Crippen molar-refractivity contribution in [2.45, 2.75) is 18.6 Å². The maximum atomic E-state index is 14.5. The Hall–Kier alpha value is -3.12. The molecule has 0 spiro atoms. The van der Waals surface area contributed by atoms with Crippen molar-refractivity contribution in [2.24, 2.45) is 0 Å². The van der Waals surface area contributed by atoms with E-state index in [0.29, 0.717) is 12.6 Å². The molecule has 29 heavy (non-hydrogen) atoms. The number of hydrogen-bond acceptors (Lipinski definition) is 8. The van der Waals surface area contributed by atoms with Gasteiger partial charge in [-0.25, -0.2) is 32.9 Å². The topological polar surface area (TPSA) is 106 Å². The molecule has 0 radical (unpaired) electrons. The van der Waals surface area contributed by atoms with Crippen molar-refractivity contribution in [3.63, 3.8) is 0 Å². The summed E-state index contributed by atoms with van der Waals surface area (Å²) in [7, 11) is 1.34. The van der Waals surface area contributed by atoms with E-state index >= 15 is 0 Å². The van der Waals surface area contributed by atoms with E-state index in [4.69, 9.17) is 9.99 Å². The maximum Gasteiger partial charge on any atom is 0.315 e. The number of nitrogens with zero attached hydrogens (tertiary/aromatic N) is 4. The van der Waals surface area contributed by atoms with Gasteiger partial charge in [0.25, 0.3) is 0 Å². The lowest BCUT2D eigenvalue weighted by atomic mass is 10.1. The molecule has 0 bridgehead atoms. The van der Waals surface area contributed by atoms with Gasteiger partial charge in [0.2, 0.25) is 0 Å². The van der Waals surface area contributed by atoms with Gasteiger partial charge in [-0.05, 0) is 13.0 Å². The first-order valence-corrected chi connectivity index (χ1v) is 8.73. The molecule has 9 nitrogen and oxygen atoms in total. The van der Waals surface area contributed by atoms with Crippen molar-refractivity contribution in [3.8, 4) is 23.0 Å². The Morgan fingerprint density at radius 1 is 1.31 bits per heavy atom. The molecule has 1 fully saturated rings. The molecule has 4 heterocycles. The minimum atomic E-state index is -1.19. The molecule has 0 aliphatic carbocycles. The number of ether oxygens (including phenoxy) is 1. The predicted octanol–water partition coefficient (Wildman–Crippen LogP) is 2.04. The van der Waals surface area contributed by atoms with Crippen LogP contribution in [0.5, 0.6) is 11.6 Å². The third kappa shape index (κ3) is 3.51. The second-order valence-electron chi connectivity index (χ2n) is 6.43. The zero-order valence-corrected chi connectivity index (χ0v) is 15.2. The Kier molecular flexibility index (Phi) is 5.11. The summed E-state index contributed by atoms with van der Waals surface area (Å²) in [5.41, 5.74) is 0.0557. The van der Waals surface area contributed by atoms with Crippen LogP contribution in [0.2, 0.25) is 0 Å². The molecule has 0 aromatic carbocycles. The van der Waals surface area contributed by atoms with Crippen molar-refractivity contribution in [2.75, 3.05) is 25.5 Å². The van der Waals surface area contributed by atoms with Gasteiger partial charge < -0.3 is 20.3 Å². The third-order valence-corrected chi connectivity index (χ3v) is 4.62. The second-order valence-corrected chi connectivity index (χ2v) is 6.43. The number of anilines is 1. The highest BCUT2D eigenvalue weighted by Gasteiger charge is 2.27. The first-order valence-electron chi connectivity index (χ1n) is 8.73. The van der Waals surface area contributed by atoms with Crippen LogP contribution in [0.3, 0.4) is 0 Å². The van der Waals surface area contributed by atoms with E-state index in [1.54, 1.807) is 0 Å². The third-order valence-electron chi connectivity index (χ3n) is 4.62. The molecule has 4 rings (SSSR count). The van der Waals surface area contributed by atoms with Crippen LogP contribution in [0.4, 0.5) is 19.0 Å². The molecule has 1 aliphatic heterocycles. The summed E-state index contributed by atoms with van der Waals surface area (Å²) in [6.45, 7) is 0.805. The molecule has 12 heteroatoms. The van der Waals surface area contributed by atoms with Gasteiger partial charge in [-0.1, -0.05) is 0 Å². The Morgan fingerprint density at radius 3 is 2.86 bits per heavy atom. The summed E-state index contributed by atoms with van der Waals surface area (Å²) in [6.07, 6.45) is 0.354. The quantitative estimate of drug-likeness (QED) is 0.434. The van der Waals surface area contributed by atoms with E-state index in [1.165, 1.54) is 19.4 Å². The van der Waals surface area contributed by atoms with Crippen molar-refractivity contribution in [1.82, 2.24) is 24.9 Å². The molecule has 3 aromatic rings. The number of halogens is 3. The lowest BCUT2D eigenvalue weighted by molar-refractivity contribution is -0.143. The number of nitrogens with one attached hydrogen (secondary N) is 2. The summed E-state index contributed by atoms with van der Waals surface area (Å²) in [5, 5.41) is 18.7. The van der Waals surface area contributed by atoms with Crippen molar-refractivity contribution in [1.29, 1.82) is 0 Å². The average Bonchev–Trinajstić information content (AvgIpc) is 3.13. The summed E-state index contributed by atoms with van der Waals surface area (Å²) >= 11 is 0. The number of piperidine rings is 1. The average molecular weight is 410 g/mol. The molecule has 3 N–H and O–H groups in total. The minimum absolute atomic E-state index is 0.0695. The Morgan fingerprint density at radius 2 is 2.14 bits per heavy atom. The monoisotopic (exact) mass is 410 g/mol. The summed E-state index contributed by atoms with van der Waals surface area (Å²) < 4.78 is 49.0. The normalized spacial score (nSPS) is 19.3. The Bertz CT molecular complexity index is 1050. The van der Waals surface area contributed by atoms with Crippen LogP contribution in [0, 0.1) is 11.6 Å². The van der Waals surface area contributed by atoms with Gasteiger partial charge >= 0.3 is 5.88 Å². The zero-order valence-electron chi connectivity index (χ0n) is 15.2. The lowest BCUT2D eigenvalue weighted by Crippen LogP contribution is -2.46. The Labute approximate surface area is 162 Å². The molecular formula is C17H17F3N6O3. The smallest absolute Gasteiger partial charge is 0.315 e. The predicted molar refractivity (Wildman–Crippen MR) is 95.7 cm³/mol. The molecular weight excluding hydrogens is 393 g/mol. The summed E-state index contributed by atoms with van der Waals surface area (Å²) in [4.78, 5) is 12.3. The highest BCUT2D eigenvalue weighted by Crippen LogP contribution is 2.30. The highest BCUT2D eigenvalue weighted by molar-refractivity contribution is 5.63. The van der Waals surface area contributed by atoms with E-state index in [0.717, 1.165) is 4.52 Å². The number of fused-ring (bicyclic) bond motifs is 1. The first-order chi connectivity index (χ1) is 14.0. The standard InChI is InChI=1S/C17H17F3N6O3/c1-28-13-5-14-22-7-12(26(14)25-17(13)29-27)15-9(19)4-10(20)16(24-15)23-11-6-21-3-2-8(11)18/h4-5,7-8,11,21,27H,2-3,6H2,1H3,(H,23,24). The van der Waals surface area contributed by atoms with E-state index in [1.807, 2.05) is 0 Å². The number of hydrogen-bond donors (Lipinski definition) is 3. The van der Waals surface area contributed by atoms with E-state index in [2.05, 4.69) is 30.6 Å². The number of pyridine rings is 1. The fourth-order valence-electron chi connectivity index (χ4n) is 3.14. The van der Waals surface area contributed by atoms with Crippen LogP contribution >= 0.6 is 0 Å². The number of rotatable bonds is 5. The molecule has 1 saturated heterocycles. The molecule has 2 atom stereocenters. The van der Waals surface area contributed by atoms with Gasteiger partial charge in [-0.2, -0.15) is 0 Å². The maximum absolute atomic E-state index is 14.5. The van der Waals surface area contributed by atoms with E-state index in [9.17, 15) is 13.2 Å². The largest absolute Gasteiger partial charge is 0.491 e. The number of alkyl halides is 1. The minimum Gasteiger partial charge on any atom is -0.491 e. The van der Waals surface area contributed by atoms with Crippen LogP contribution in [0.25, 0.3) is 17.0 Å². The molecule has 0 saturated carbocycles. The van der Waals surface area contributed by atoms with Crippen LogP contribution in [0.15, 0.2) is 18.3 Å². The van der Waals surface area contributed by atoms with Crippen molar-refractivity contribution in [3.05, 3.63) is 30.0 Å². The Balaban J connectivity index is 1.77. The number of imidazole rings is 1. The lowest BCUT2D eigenvalue weighted by Gasteiger charge is -2.28. The zero-order chi connectivity index (χ0) is 20.5. The van der Waals surface area contributed by atoms with E-state index < -0.39 is 23.8 Å². The van der Waals surface area contributed by atoms with Gasteiger partial charge in [-0.15, -0.1) is 5.10 Å². The van der Waals surface area contributed by atoms with Gasteiger partial charge in [0.1, 0.15) is 17.6 Å². The van der Waals surface area contributed by atoms with Crippen LogP contribution in [0.1, 0.15) is 6.42 Å². The fraction of sp³-hybridized carbons (Fsp3) is 0.353. The van der Waals surface area contributed by atoms with Crippen LogP contribution in [-0.2, 0) is 0 Å². The first kappa shape index (κ1) is 19.2.